The Morgan fingerprint density at radius 1 is 1.50 bits per heavy atom. The van der Waals surface area contributed by atoms with Crippen molar-refractivity contribution in [1.29, 1.82) is 0 Å². The zero-order valence-corrected chi connectivity index (χ0v) is 13.8. The van der Waals surface area contributed by atoms with Crippen molar-refractivity contribution in [3.05, 3.63) is 46.3 Å². The van der Waals surface area contributed by atoms with E-state index >= 15 is 0 Å². The van der Waals surface area contributed by atoms with E-state index in [1.54, 1.807) is 7.05 Å². The van der Waals surface area contributed by atoms with E-state index in [9.17, 15) is 9.90 Å². The molecule has 8 nitrogen and oxygen atoms in total. The predicted octanol–water partition coefficient (Wildman–Crippen LogP) is 2.82. The number of hydrogen-bond donors (Lipinski definition) is 1. The Morgan fingerprint density at radius 2 is 2.21 bits per heavy atom. The highest BCUT2D eigenvalue weighted by molar-refractivity contribution is 5.67. The molecule has 0 radical (unpaired) electrons. The summed E-state index contributed by atoms with van der Waals surface area (Å²) in [6.07, 6.45) is -0.873. The highest BCUT2D eigenvalue weighted by atomic mass is 16.6. The molecule has 0 saturated carbocycles. The maximum atomic E-state index is 12.2. The van der Waals surface area contributed by atoms with Crippen LogP contribution in [0.1, 0.15) is 25.3 Å². The molecule has 0 aromatic heterocycles. The van der Waals surface area contributed by atoms with Crippen LogP contribution in [-0.4, -0.2) is 47.6 Å². The summed E-state index contributed by atoms with van der Waals surface area (Å²) in [4.78, 5) is 16.3. The molecule has 1 fully saturated rings. The lowest BCUT2D eigenvalue weighted by molar-refractivity contribution is -0.185. The van der Waals surface area contributed by atoms with Gasteiger partial charge in [0.25, 0.3) is 0 Å². The fourth-order valence-corrected chi connectivity index (χ4v) is 2.59. The van der Waals surface area contributed by atoms with Crippen LogP contribution in [0, 0.1) is 0 Å². The highest BCUT2D eigenvalue weighted by Crippen LogP contribution is 2.25. The molecule has 1 aliphatic heterocycles. The van der Waals surface area contributed by atoms with Gasteiger partial charge >= 0.3 is 6.09 Å². The molecule has 1 heterocycles. The van der Waals surface area contributed by atoms with Crippen LogP contribution >= 0.6 is 0 Å². The molecule has 1 amide bonds. The fraction of sp³-hybridized carbons (Fsp3) is 0.562. The first-order valence-electron chi connectivity index (χ1n) is 7.84. The summed E-state index contributed by atoms with van der Waals surface area (Å²) < 4.78 is 10.8. The molecule has 2 unspecified atom stereocenters. The van der Waals surface area contributed by atoms with Gasteiger partial charge < -0.3 is 19.5 Å². The third-order valence-corrected chi connectivity index (χ3v) is 4.23. The SMILES string of the molecule is CC([C@@H]1CC[C@@H](N=[N+]=[N-])C(O)O1)N(C)C(=O)OCc1ccccc1. The standard InChI is InChI=1S/C16H22N4O4/c1-11(14-9-8-13(18-19-17)15(21)24-14)20(2)16(22)23-10-12-6-4-3-5-7-12/h3-7,11,13-15,21H,8-10H2,1-2H3/t11?,13-,14+,15?/m1/s1. The molecule has 24 heavy (non-hydrogen) atoms. The zero-order valence-electron chi connectivity index (χ0n) is 13.8. The summed E-state index contributed by atoms with van der Waals surface area (Å²) in [5.74, 6) is 0. The zero-order chi connectivity index (χ0) is 17.5. The van der Waals surface area contributed by atoms with Crippen LogP contribution in [0.4, 0.5) is 4.79 Å². The van der Waals surface area contributed by atoms with Gasteiger partial charge in [-0.3, -0.25) is 0 Å². The number of hydrogen-bond acceptors (Lipinski definition) is 5. The van der Waals surface area contributed by atoms with Crippen LogP contribution in [0.5, 0.6) is 0 Å². The second-order valence-electron chi connectivity index (χ2n) is 5.81. The number of nitrogens with zero attached hydrogens (tertiary/aromatic N) is 4. The van der Waals surface area contributed by atoms with E-state index in [1.807, 2.05) is 37.3 Å². The summed E-state index contributed by atoms with van der Waals surface area (Å²) in [6, 6.07) is 8.55. The van der Waals surface area contributed by atoms with Crippen molar-refractivity contribution in [3.63, 3.8) is 0 Å². The van der Waals surface area contributed by atoms with Gasteiger partial charge in [-0.2, -0.15) is 0 Å². The van der Waals surface area contributed by atoms with Crippen LogP contribution in [0.2, 0.25) is 0 Å². The van der Waals surface area contributed by atoms with Crippen molar-refractivity contribution in [2.24, 2.45) is 5.11 Å². The number of carbonyl (C=O) groups is 1. The van der Waals surface area contributed by atoms with Crippen LogP contribution in [0.15, 0.2) is 35.4 Å². The molecule has 8 heteroatoms. The summed E-state index contributed by atoms with van der Waals surface area (Å²) in [5.41, 5.74) is 9.36. The van der Waals surface area contributed by atoms with Gasteiger partial charge in [-0.15, -0.1) is 0 Å². The van der Waals surface area contributed by atoms with Crippen molar-refractivity contribution in [2.45, 2.75) is 50.8 Å². The maximum Gasteiger partial charge on any atom is 0.410 e. The minimum Gasteiger partial charge on any atom is -0.445 e. The molecule has 1 N–H and O–H groups in total. The molecule has 1 aromatic rings. The minimum absolute atomic E-state index is 0.198. The second-order valence-corrected chi connectivity index (χ2v) is 5.81. The van der Waals surface area contributed by atoms with Crippen LogP contribution in [0.25, 0.3) is 10.4 Å². The van der Waals surface area contributed by atoms with Gasteiger partial charge in [0.1, 0.15) is 6.61 Å². The van der Waals surface area contributed by atoms with Crippen molar-refractivity contribution in [2.75, 3.05) is 7.05 Å². The topological polar surface area (TPSA) is 108 Å². The average molecular weight is 334 g/mol. The van der Waals surface area contributed by atoms with Crippen molar-refractivity contribution in [1.82, 2.24) is 4.90 Å². The monoisotopic (exact) mass is 334 g/mol. The number of amides is 1. The van der Waals surface area contributed by atoms with Crippen LogP contribution < -0.4 is 0 Å². The van der Waals surface area contributed by atoms with E-state index in [-0.39, 0.29) is 18.8 Å². The van der Waals surface area contributed by atoms with E-state index in [4.69, 9.17) is 15.0 Å². The number of benzene rings is 1. The quantitative estimate of drug-likeness (QED) is 0.507. The molecule has 2 rings (SSSR count). The smallest absolute Gasteiger partial charge is 0.410 e. The molecule has 130 valence electrons. The van der Waals surface area contributed by atoms with E-state index in [2.05, 4.69) is 10.0 Å². The lowest BCUT2D eigenvalue weighted by atomic mass is 9.99. The number of rotatable bonds is 5. The third kappa shape index (κ3) is 4.61. The van der Waals surface area contributed by atoms with E-state index in [0.717, 1.165) is 5.56 Å². The Labute approximate surface area is 140 Å². The van der Waals surface area contributed by atoms with Crippen molar-refractivity contribution in [3.8, 4) is 0 Å². The van der Waals surface area contributed by atoms with Gasteiger partial charge in [-0.1, -0.05) is 35.4 Å². The number of aliphatic hydroxyl groups is 1. The van der Waals surface area contributed by atoms with E-state index < -0.39 is 18.4 Å². The Balaban J connectivity index is 1.86. The van der Waals surface area contributed by atoms with Crippen molar-refractivity contribution >= 4 is 6.09 Å². The molecule has 0 spiro atoms. The summed E-state index contributed by atoms with van der Waals surface area (Å²) >= 11 is 0. The Morgan fingerprint density at radius 3 is 2.83 bits per heavy atom. The molecule has 1 saturated heterocycles. The number of carbonyl (C=O) groups excluding carboxylic acids is 1. The van der Waals surface area contributed by atoms with Gasteiger partial charge in [0, 0.05) is 12.0 Å². The van der Waals surface area contributed by atoms with E-state index in [1.165, 1.54) is 4.90 Å². The largest absolute Gasteiger partial charge is 0.445 e. The first-order valence-corrected chi connectivity index (χ1v) is 7.84. The van der Waals surface area contributed by atoms with Gasteiger partial charge in [0.15, 0.2) is 6.29 Å². The highest BCUT2D eigenvalue weighted by Gasteiger charge is 2.35. The summed E-state index contributed by atoms with van der Waals surface area (Å²) in [5, 5.41) is 13.4. The molecule has 1 aromatic carbocycles. The third-order valence-electron chi connectivity index (χ3n) is 4.23. The van der Waals surface area contributed by atoms with Crippen LogP contribution in [-0.2, 0) is 16.1 Å². The normalized spacial score (nSPS) is 24.5. The number of likely N-dealkylation sites (N-methyl/N-ethyl adjacent to an activating group) is 1. The lowest BCUT2D eigenvalue weighted by Gasteiger charge is -2.37. The fourth-order valence-electron chi connectivity index (χ4n) is 2.59. The van der Waals surface area contributed by atoms with Gasteiger partial charge in [0.05, 0.1) is 18.2 Å². The van der Waals surface area contributed by atoms with Crippen LogP contribution in [0.3, 0.4) is 0 Å². The number of aliphatic hydroxyl groups excluding tert-OH is 1. The maximum absolute atomic E-state index is 12.2. The minimum atomic E-state index is -1.16. The first-order chi connectivity index (χ1) is 11.5. The molecular weight excluding hydrogens is 312 g/mol. The Hall–Kier alpha value is -2.28. The molecule has 4 atom stereocenters. The Kier molecular flexibility index (Phi) is 6.43. The first kappa shape index (κ1) is 18.1. The molecule has 1 aliphatic rings. The number of ether oxygens (including phenoxy) is 2. The second kappa shape index (κ2) is 8.54. The predicted molar refractivity (Wildman–Crippen MR) is 86.9 cm³/mol. The molecular formula is C16H22N4O4. The number of azide groups is 1. The lowest BCUT2D eigenvalue weighted by Crippen LogP contribution is -2.49. The van der Waals surface area contributed by atoms with Gasteiger partial charge in [0.2, 0.25) is 0 Å². The average Bonchev–Trinajstić information content (AvgIpc) is 2.61. The molecule has 0 aliphatic carbocycles. The summed E-state index contributed by atoms with van der Waals surface area (Å²) in [6.45, 7) is 2.03. The summed E-state index contributed by atoms with van der Waals surface area (Å²) in [7, 11) is 1.63. The Bertz CT molecular complexity index is 591. The van der Waals surface area contributed by atoms with Gasteiger partial charge in [-0.25, -0.2) is 4.79 Å². The van der Waals surface area contributed by atoms with Gasteiger partial charge in [-0.05, 0) is 30.9 Å². The van der Waals surface area contributed by atoms with Crippen molar-refractivity contribution < 1.29 is 19.4 Å². The molecule has 0 bridgehead atoms. The van der Waals surface area contributed by atoms with E-state index in [0.29, 0.717) is 12.8 Å².